The summed E-state index contributed by atoms with van der Waals surface area (Å²) in [6.45, 7) is 4.30. The summed E-state index contributed by atoms with van der Waals surface area (Å²) in [7, 11) is 0. The number of ether oxygens (including phenoxy) is 2. The van der Waals surface area contributed by atoms with Crippen molar-refractivity contribution >= 4 is 23.3 Å². The van der Waals surface area contributed by atoms with E-state index < -0.39 is 23.4 Å². The van der Waals surface area contributed by atoms with Crippen molar-refractivity contribution in [2.75, 3.05) is 37.7 Å². The second-order valence-corrected chi connectivity index (χ2v) is 7.65. The SMILES string of the molecule is CC1CCN(c2ccc(C(=O)OCC(=O)NCC3CCCO3)cc2[N+](=O)[O-])CC1. The second kappa shape index (κ2) is 9.69. The van der Waals surface area contributed by atoms with Gasteiger partial charge in [-0.1, -0.05) is 6.92 Å². The van der Waals surface area contributed by atoms with Crippen LogP contribution < -0.4 is 10.2 Å². The lowest BCUT2D eigenvalue weighted by atomic mass is 9.98. The number of amides is 1. The average Bonchev–Trinajstić information content (AvgIpc) is 3.24. The zero-order chi connectivity index (χ0) is 20.8. The minimum absolute atomic E-state index is 0.00243. The number of carbonyl (C=O) groups excluding carboxylic acids is 2. The van der Waals surface area contributed by atoms with E-state index in [1.54, 1.807) is 6.07 Å². The van der Waals surface area contributed by atoms with Crippen molar-refractivity contribution in [2.45, 2.75) is 38.7 Å². The van der Waals surface area contributed by atoms with E-state index in [-0.39, 0.29) is 17.4 Å². The number of nitro benzene ring substituents is 1. The fraction of sp³-hybridized carbons (Fsp3) is 0.600. The number of rotatable bonds is 7. The molecule has 0 radical (unpaired) electrons. The maximum atomic E-state index is 12.3. The molecule has 2 fully saturated rings. The van der Waals surface area contributed by atoms with E-state index >= 15 is 0 Å². The summed E-state index contributed by atoms with van der Waals surface area (Å²) in [5, 5.41) is 14.2. The largest absolute Gasteiger partial charge is 0.452 e. The number of nitrogens with one attached hydrogen (secondary N) is 1. The number of benzene rings is 1. The maximum Gasteiger partial charge on any atom is 0.338 e. The number of esters is 1. The van der Waals surface area contributed by atoms with Gasteiger partial charge in [0, 0.05) is 32.3 Å². The Bertz CT molecular complexity index is 755. The van der Waals surface area contributed by atoms with Crippen LogP contribution >= 0.6 is 0 Å². The molecule has 0 spiro atoms. The molecule has 2 heterocycles. The van der Waals surface area contributed by atoms with E-state index in [1.165, 1.54) is 12.1 Å². The molecular formula is C20H27N3O6. The Hall–Kier alpha value is -2.68. The summed E-state index contributed by atoms with van der Waals surface area (Å²) in [6, 6.07) is 4.31. The van der Waals surface area contributed by atoms with Gasteiger partial charge in [0.1, 0.15) is 5.69 Å². The molecule has 0 aliphatic carbocycles. The Labute approximate surface area is 169 Å². The molecule has 9 nitrogen and oxygen atoms in total. The molecule has 0 aromatic heterocycles. The van der Waals surface area contributed by atoms with Gasteiger partial charge < -0.3 is 19.7 Å². The van der Waals surface area contributed by atoms with E-state index in [4.69, 9.17) is 9.47 Å². The Kier molecular flexibility index (Phi) is 7.03. The number of anilines is 1. The van der Waals surface area contributed by atoms with Crippen LogP contribution in [0.1, 0.15) is 43.0 Å². The van der Waals surface area contributed by atoms with Gasteiger partial charge in [0.25, 0.3) is 11.6 Å². The highest BCUT2D eigenvalue weighted by Gasteiger charge is 2.25. The van der Waals surface area contributed by atoms with Crippen LogP contribution in [0.25, 0.3) is 0 Å². The average molecular weight is 405 g/mol. The van der Waals surface area contributed by atoms with E-state index in [0.29, 0.717) is 24.8 Å². The molecule has 9 heteroatoms. The summed E-state index contributed by atoms with van der Waals surface area (Å²) >= 11 is 0. The van der Waals surface area contributed by atoms with Crippen LogP contribution in [0.3, 0.4) is 0 Å². The van der Waals surface area contributed by atoms with E-state index in [9.17, 15) is 19.7 Å². The molecule has 1 N–H and O–H groups in total. The van der Waals surface area contributed by atoms with Crippen molar-refractivity contribution in [2.24, 2.45) is 5.92 Å². The summed E-state index contributed by atoms with van der Waals surface area (Å²) in [4.78, 5) is 37.1. The van der Waals surface area contributed by atoms with Crippen molar-refractivity contribution in [3.8, 4) is 0 Å². The van der Waals surface area contributed by atoms with Crippen LogP contribution in [0.5, 0.6) is 0 Å². The van der Waals surface area contributed by atoms with E-state index in [0.717, 1.165) is 38.8 Å². The van der Waals surface area contributed by atoms with Crippen LogP contribution in [-0.4, -0.2) is 55.8 Å². The van der Waals surface area contributed by atoms with Gasteiger partial charge in [-0.15, -0.1) is 0 Å². The van der Waals surface area contributed by atoms with Crippen LogP contribution in [0, 0.1) is 16.0 Å². The molecule has 1 aromatic carbocycles. The molecule has 1 amide bonds. The van der Waals surface area contributed by atoms with Gasteiger partial charge in [-0.05, 0) is 43.7 Å². The normalized spacial score (nSPS) is 19.8. The first-order chi connectivity index (χ1) is 13.9. The van der Waals surface area contributed by atoms with E-state index in [2.05, 4.69) is 12.2 Å². The number of nitrogens with zero attached hydrogens (tertiary/aromatic N) is 2. The van der Waals surface area contributed by atoms with Crippen molar-refractivity contribution < 1.29 is 24.0 Å². The topological polar surface area (TPSA) is 111 Å². The van der Waals surface area contributed by atoms with Crippen molar-refractivity contribution in [3.05, 3.63) is 33.9 Å². The minimum atomic E-state index is -0.765. The molecule has 158 valence electrons. The molecule has 0 bridgehead atoms. The van der Waals surface area contributed by atoms with Gasteiger partial charge >= 0.3 is 5.97 Å². The van der Waals surface area contributed by atoms with Gasteiger partial charge in [0.05, 0.1) is 16.6 Å². The molecule has 1 aromatic rings. The first-order valence-electron chi connectivity index (χ1n) is 10.0. The maximum absolute atomic E-state index is 12.3. The fourth-order valence-electron chi connectivity index (χ4n) is 3.61. The Balaban J connectivity index is 1.57. The molecule has 1 unspecified atom stereocenters. The highest BCUT2D eigenvalue weighted by atomic mass is 16.6. The number of nitro groups is 1. The highest BCUT2D eigenvalue weighted by Crippen LogP contribution is 2.32. The number of carbonyl (C=O) groups is 2. The van der Waals surface area contributed by atoms with Gasteiger partial charge in [-0.2, -0.15) is 0 Å². The second-order valence-electron chi connectivity index (χ2n) is 7.65. The Morgan fingerprint density at radius 1 is 1.31 bits per heavy atom. The summed E-state index contributed by atoms with van der Waals surface area (Å²) < 4.78 is 10.4. The molecule has 1 atom stereocenters. The van der Waals surface area contributed by atoms with Gasteiger partial charge in [-0.3, -0.25) is 14.9 Å². The smallest absolute Gasteiger partial charge is 0.338 e. The fourth-order valence-corrected chi connectivity index (χ4v) is 3.61. The van der Waals surface area contributed by atoms with Gasteiger partial charge in [-0.25, -0.2) is 4.79 Å². The van der Waals surface area contributed by atoms with Gasteiger partial charge in [0.2, 0.25) is 0 Å². The third-order valence-corrected chi connectivity index (χ3v) is 5.42. The van der Waals surface area contributed by atoms with Crippen molar-refractivity contribution in [3.63, 3.8) is 0 Å². The molecule has 2 aliphatic heterocycles. The number of hydrogen-bond donors (Lipinski definition) is 1. The molecule has 2 saturated heterocycles. The first-order valence-corrected chi connectivity index (χ1v) is 10.0. The van der Waals surface area contributed by atoms with Crippen LogP contribution in [-0.2, 0) is 14.3 Å². The number of piperidine rings is 1. The molecule has 29 heavy (non-hydrogen) atoms. The molecule has 0 saturated carbocycles. The summed E-state index contributed by atoms with van der Waals surface area (Å²) in [6.07, 6.45) is 3.82. The third kappa shape index (κ3) is 5.66. The lowest BCUT2D eigenvalue weighted by Gasteiger charge is -2.31. The lowest BCUT2D eigenvalue weighted by molar-refractivity contribution is -0.384. The van der Waals surface area contributed by atoms with Crippen LogP contribution in [0.4, 0.5) is 11.4 Å². The summed E-state index contributed by atoms with van der Waals surface area (Å²) in [5.74, 6) is -0.590. The minimum Gasteiger partial charge on any atom is -0.452 e. The quantitative estimate of drug-likeness (QED) is 0.421. The molecule has 2 aliphatic rings. The zero-order valence-electron chi connectivity index (χ0n) is 16.6. The number of hydrogen-bond acceptors (Lipinski definition) is 7. The summed E-state index contributed by atoms with van der Waals surface area (Å²) in [5.41, 5.74) is 0.433. The molecule has 3 rings (SSSR count). The lowest BCUT2D eigenvalue weighted by Crippen LogP contribution is -2.34. The standard InChI is InChI=1S/C20H27N3O6/c1-14-6-8-22(9-7-14)17-5-4-15(11-18(17)23(26)27)20(25)29-13-19(24)21-12-16-3-2-10-28-16/h4-5,11,14,16H,2-3,6-10,12-13H2,1H3,(H,21,24). The molecular weight excluding hydrogens is 378 g/mol. The third-order valence-electron chi connectivity index (χ3n) is 5.42. The highest BCUT2D eigenvalue weighted by molar-refractivity contribution is 5.93. The monoisotopic (exact) mass is 405 g/mol. The van der Waals surface area contributed by atoms with Gasteiger partial charge in [0.15, 0.2) is 6.61 Å². The van der Waals surface area contributed by atoms with Crippen LogP contribution in [0.15, 0.2) is 18.2 Å². The predicted molar refractivity (Wildman–Crippen MR) is 106 cm³/mol. The Morgan fingerprint density at radius 3 is 2.72 bits per heavy atom. The predicted octanol–water partition coefficient (Wildman–Crippen LogP) is 2.28. The zero-order valence-corrected chi connectivity index (χ0v) is 16.6. The van der Waals surface area contributed by atoms with E-state index in [1.807, 2.05) is 4.90 Å². The first kappa shape index (κ1) is 21.0. The Morgan fingerprint density at radius 2 is 2.07 bits per heavy atom. The van der Waals surface area contributed by atoms with Crippen LogP contribution in [0.2, 0.25) is 0 Å². The van der Waals surface area contributed by atoms with Crippen molar-refractivity contribution in [1.29, 1.82) is 0 Å². The van der Waals surface area contributed by atoms with Crippen molar-refractivity contribution in [1.82, 2.24) is 5.32 Å².